The van der Waals surface area contributed by atoms with Crippen LogP contribution in [-0.2, 0) is 0 Å². The van der Waals surface area contributed by atoms with E-state index in [1.807, 2.05) is 25.2 Å². The second kappa shape index (κ2) is 6.54. The van der Waals surface area contributed by atoms with E-state index in [1.165, 1.54) is 0 Å². The molecule has 74 valence electrons. The van der Waals surface area contributed by atoms with E-state index >= 15 is 0 Å². The minimum atomic E-state index is 0.719. The van der Waals surface area contributed by atoms with Crippen molar-refractivity contribution in [3.63, 3.8) is 0 Å². The standard InChI is InChI=1S/C8H16N4S/c1-9-5-6-11(3)8(13)12(4)7-10-2/h5,7H,6H2,1-4H3/b9-5+,10-7-. The molecule has 0 aromatic heterocycles. The van der Waals surface area contributed by atoms with Gasteiger partial charge in [-0.05, 0) is 12.2 Å². The van der Waals surface area contributed by atoms with E-state index in [1.54, 1.807) is 25.3 Å². The van der Waals surface area contributed by atoms with Crippen LogP contribution < -0.4 is 0 Å². The van der Waals surface area contributed by atoms with Gasteiger partial charge in [-0.2, -0.15) is 0 Å². The van der Waals surface area contributed by atoms with Crippen molar-refractivity contribution in [1.82, 2.24) is 9.80 Å². The van der Waals surface area contributed by atoms with Crippen LogP contribution >= 0.6 is 12.2 Å². The number of hydrogen-bond acceptors (Lipinski definition) is 3. The Morgan fingerprint density at radius 2 is 1.92 bits per heavy atom. The average molecular weight is 200 g/mol. The van der Waals surface area contributed by atoms with Gasteiger partial charge in [0.05, 0.1) is 12.9 Å². The molecule has 0 aliphatic heterocycles. The molecule has 13 heavy (non-hydrogen) atoms. The fourth-order valence-corrected chi connectivity index (χ4v) is 0.896. The number of rotatable bonds is 3. The molecule has 0 rings (SSSR count). The first-order valence-electron chi connectivity index (χ1n) is 3.94. The molecule has 0 amide bonds. The van der Waals surface area contributed by atoms with Crippen LogP contribution in [0, 0.1) is 0 Å². The van der Waals surface area contributed by atoms with E-state index in [0.29, 0.717) is 0 Å². The van der Waals surface area contributed by atoms with Crippen molar-refractivity contribution in [2.45, 2.75) is 0 Å². The maximum absolute atomic E-state index is 5.18. The van der Waals surface area contributed by atoms with Crippen molar-refractivity contribution in [3.8, 4) is 0 Å². The highest BCUT2D eigenvalue weighted by Gasteiger charge is 2.05. The van der Waals surface area contributed by atoms with Crippen molar-refractivity contribution in [3.05, 3.63) is 0 Å². The first kappa shape index (κ1) is 12.0. The highest BCUT2D eigenvalue weighted by molar-refractivity contribution is 7.80. The van der Waals surface area contributed by atoms with Crippen molar-refractivity contribution in [2.75, 3.05) is 34.7 Å². The third kappa shape index (κ3) is 4.57. The van der Waals surface area contributed by atoms with E-state index in [9.17, 15) is 0 Å². The van der Waals surface area contributed by atoms with Gasteiger partial charge in [0.1, 0.15) is 0 Å². The molecule has 0 heterocycles. The summed E-state index contributed by atoms with van der Waals surface area (Å²) in [7, 11) is 7.25. The van der Waals surface area contributed by atoms with Gasteiger partial charge < -0.3 is 9.80 Å². The second-order valence-electron chi connectivity index (χ2n) is 2.59. The molecule has 0 N–H and O–H groups in total. The molecule has 0 aliphatic rings. The lowest BCUT2D eigenvalue weighted by Gasteiger charge is -2.23. The smallest absolute Gasteiger partial charge is 0.176 e. The summed E-state index contributed by atoms with van der Waals surface area (Å²) in [5.74, 6) is 0. The van der Waals surface area contributed by atoms with Gasteiger partial charge in [-0.1, -0.05) is 0 Å². The summed E-state index contributed by atoms with van der Waals surface area (Å²) in [5, 5.41) is 0.727. The zero-order chi connectivity index (χ0) is 10.3. The molecule has 4 nitrogen and oxygen atoms in total. The highest BCUT2D eigenvalue weighted by Crippen LogP contribution is 1.90. The molecule has 0 aromatic carbocycles. The summed E-state index contributed by atoms with van der Waals surface area (Å²) in [4.78, 5) is 11.5. The van der Waals surface area contributed by atoms with Crippen molar-refractivity contribution in [1.29, 1.82) is 0 Å². The van der Waals surface area contributed by atoms with Crippen LogP contribution in [0.25, 0.3) is 0 Å². The van der Waals surface area contributed by atoms with Crippen LogP contribution in [0.2, 0.25) is 0 Å². The quantitative estimate of drug-likeness (QED) is 0.377. The molecule has 0 atom stereocenters. The average Bonchev–Trinajstić information content (AvgIpc) is 2.13. The number of aliphatic imine (C=N–C) groups is 2. The lowest BCUT2D eigenvalue weighted by Crippen LogP contribution is -2.38. The Balaban J connectivity index is 4.08. The Kier molecular flexibility index (Phi) is 6.05. The zero-order valence-electron chi connectivity index (χ0n) is 8.56. The maximum Gasteiger partial charge on any atom is 0.176 e. The Labute approximate surface area is 85.0 Å². The van der Waals surface area contributed by atoms with Crippen LogP contribution in [0.4, 0.5) is 0 Å². The van der Waals surface area contributed by atoms with Crippen molar-refractivity contribution >= 4 is 29.9 Å². The second-order valence-corrected chi connectivity index (χ2v) is 2.95. The van der Waals surface area contributed by atoms with Crippen LogP contribution in [0.5, 0.6) is 0 Å². The van der Waals surface area contributed by atoms with E-state index in [4.69, 9.17) is 12.2 Å². The van der Waals surface area contributed by atoms with Gasteiger partial charge in [-0.3, -0.25) is 9.98 Å². The molecule has 0 fully saturated rings. The first-order valence-corrected chi connectivity index (χ1v) is 4.35. The van der Waals surface area contributed by atoms with Crippen LogP contribution in [0.15, 0.2) is 9.98 Å². The predicted octanol–water partition coefficient (Wildman–Crippen LogP) is 0.494. The molecule has 0 saturated heterocycles. The van der Waals surface area contributed by atoms with E-state index in [0.717, 1.165) is 11.7 Å². The van der Waals surface area contributed by atoms with Gasteiger partial charge >= 0.3 is 0 Å². The fourth-order valence-electron chi connectivity index (χ4n) is 0.774. The largest absolute Gasteiger partial charge is 0.347 e. The van der Waals surface area contributed by atoms with Gasteiger partial charge in [0.2, 0.25) is 0 Å². The lowest BCUT2D eigenvalue weighted by molar-refractivity contribution is 0.529. The molecule has 0 unspecified atom stereocenters. The highest BCUT2D eigenvalue weighted by atomic mass is 32.1. The summed E-state index contributed by atoms with van der Waals surface area (Å²) < 4.78 is 0. The van der Waals surface area contributed by atoms with Crippen LogP contribution in [-0.4, -0.2) is 62.2 Å². The summed E-state index contributed by atoms with van der Waals surface area (Å²) >= 11 is 5.18. The van der Waals surface area contributed by atoms with E-state index in [-0.39, 0.29) is 0 Å². The number of thiocarbonyl (C=S) groups is 1. The molecule has 0 aromatic rings. The van der Waals surface area contributed by atoms with Gasteiger partial charge in [0.25, 0.3) is 0 Å². The van der Waals surface area contributed by atoms with Gasteiger partial charge in [-0.15, -0.1) is 0 Å². The maximum atomic E-state index is 5.18. The van der Waals surface area contributed by atoms with Crippen LogP contribution in [0.3, 0.4) is 0 Å². The van der Waals surface area contributed by atoms with Crippen molar-refractivity contribution in [2.24, 2.45) is 9.98 Å². The third-order valence-electron chi connectivity index (χ3n) is 1.46. The first-order chi connectivity index (χ1) is 6.13. The zero-order valence-corrected chi connectivity index (χ0v) is 9.38. The predicted molar refractivity (Wildman–Crippen MR) is 61.8 cm³/mol. The minimum absolute atomic E-state index is 0.719. The SMILES string of the molecule is C/N=C\N(C)C(=S)N(C)C/C=N/C. The lowest BCUT2D eigenvalue weighted by atomic mass is 10.6. The van der Waals surface area contributed by atoms with E-state index in [2.05, 4.69) is 9.98 Å². The number of nitrogens with zero attached hydrogens (tertiary/aromatic N) is 4. The molecule has 0 spiro atoms. The Morgan fingerprint density at radius 1 is 1.31 bits per heavy atom. The van der Waals surface area contributed by atoms with Gasteiger partial charge in [0, 0.05) is 34.4 Å². The third-order valence-corrected chi connectivity index (χ3v) is 2.05. The summed E-state index contributed by atoms with van der Waals surface area (Å²) in [6.07, 6.45) is 3.49. The molecular formula is C8H16N4S. The normalized spacial score (nSPS) is 11.1. The van der Waals surface area contributed by atoms with Crippen molar-refractivity contribution < 1.29 is 0 Å². The Bertz CT molecular complexity index is 212. The molecule has 5 heteroatoms. The summed E-state index contributed by atoms with van der Waals surface area (Å²) in [5.41, 5.74) is 0. The number of hydrogen-bond donors (Lipinski definition) is 0. The molecular weight excluding hydrogens is 184 g/mol. The van der Waals surface area contributed by atoms with Gasteiger partial charge in [-0.25, -0.2) is 0 Å². The molecule has 0 aliphatic carbocycles. The van der Waals surface area contributed by atoms with Crippen LogP contribution in [0.1, 0.15) is 0 Å². The monoisotopic (exact) mass is 200 g/mol. The van der Waals surface area contributed by atoms with E-state index < -0.39 is 0 Å². The fraction of sp³-hybridized carbons (Fsp3) is 0.625. The molecule has 0 radical (unpaired) electrons. The molecule has 0 saturated carbocycles. The minimum Gasteiger partial charge on any atom is -0.347 e. The molecule has 0 bridgehead atoms. The van der Waals surface area contributed by atoms with Gasteiger partial charge in [0.15, 0.2) is 5.11 Å². The summed E-state index contributed by atoms with van der Waals surface area (Å²) in [6.45, 7) is 0.719. The topological polar surface area (TPSA) is 31.2 Å². The summed E-state index contributed by atoms with van der Waals surface area (Å²) in [6, 6.07) is 0. The Morgan fingerprint density at radius 3 is 2.38 bits per heavy atom. The Hall–Kier alpha value is -0.970.